The zero-order valence-corrected chi connectivity index (χ0v) is 23.6. The lowest BCUT2D eigenvalue weighted by Crippen LogP contribution is -2.57. The van der Waals surface area contributed by atoms with Gasteiger partial charge in [0.2, 0.25) is 5.91 Å². The predicted molar refractivity (Wildman–Crippen MR) is 157 cm³/mol. The summed E-state index contributed by atoms with van der Waals surface area (Å²) in [5.74, 6) is 0.650. The van der Waals surface area contributed by atoms with Gasteiger partial charge < -0.3 is 19.6 Å². The average molecular weight is 557 g/mol. The smallest absolute Gasteiger partial charge is 0.263 e. The van der Waals surface area contributed by atoms with E-state index in [2.05, 4.69) is 29.2 Å². The molecule has 8 heteroatoms. The molecule has 0 atom stereocenters. The van der Waals surface area contributed by atoms with E-state index in [9.17, 15) is 14.4 Å². The fourth-order valence-corrected chi connectivity index (χ4v) is 7.25. The van der Waals surface area contributed by atoms with Crippen molar-refractivity contribution in [1.82, 2.24) is 14.7 Å². The molecule has 3 aliphatic rings. The number of anilines is 1. The summed E-state index contributed by atoms with van der Waals surface area (Å²) in [7, 11) is 0. The molecule has 7 nitrogen and oxygen atoms in total. The Balaban J connectivity index is 1.11. The molecule has 2 aromatic carbocycles. The van der Waals surface area contributed by atoms with Crippen LogP contribution in [0.25, 0.3) is 0 Å². The van der Waals surface area contributed by atoms with Crippen LogP contribution in [-0.4, -0.2) is 77.4 Å². The first-order valence-corrected chi connectivity index (χ1v) is 15.2. The Kier molecular flexibility index (Phi) is 7.61. The molecule has 3 aliphatic heterocycles. The van der Waals surface area contributed by atoms with Gasteiger partial charge in [-0.1, -0.05) is 54.6 Å². The number of hydrogen-bond donors (Lipinski definition) is 0. The molecule has 0 radical (unpaired) electrons. The van der Waals surface area contributed by atoms with Gasteiger partial charge in [-0.3, -0.25) is 14.4 Å². The van der Waals surface area contributed by atoms with Crippen molar-refractivity contribution in [3.8, 4) is 0 Å². The molecule has 0 bridgehead atoms. The third-order valence-electron chi connectivity index (χ3n) is 8.85. The molecular formula is C32H36N4O3S. The van der Waals surface area contributed by atoms with Crippen LogP contribution in [-0.2, 0) is 16.0 Å². The molecular weight excluding hydrogens is 520 g/mol. The molecule has 3 aromatic rings. The Hall–Kier alpha value is -3.65. The number of rotatable bonds is 6. The Morgan fingerprint density at radius 3 is 2.15 bits per heavy atom. The van der Waals surface area contributed by atoms with Crippen molar-refractivity contribution < 1.29 is 14.4 Å². The lowest BCUT2D eigenvalue weighted by atomic mass is 9.85. The summed E-state index contributed by atoms with van der Waals surface area (Å²) in [6, 6.07) is 24.3. The second kappa shape index (κ2) is 11.5. The number of piperidine rings is 2. The highest BCUT2D eigenvalue weighted by Crippen LogP contribution is 2.40. The highest BCUT2D eigenvalue weighted by Gasteiger charge is 2.54. The summed E-state index contributed by atoms with van der Waals surface area (Å²) in [5, 5.41) is 1.91. The van der Waals surface area contributed by atoms with Gasteiger partial charge >= 0.3 is 0 Å². The van der Waals surface area contributed by atoms with Crippen molar-refractivity contribution in [2.45, 2.75) is 37.6 Å². The Bertz CT molecular complexity index is 1310. The van der Waals surface area contributed by atoms with E-state index in [1.165, 1.54) is 16.9 Å². The van der Waals surface area contributed by atoms with Gasteiger partial charge in [0.1, 0.15) is 12.1 Å². The third-order valence-corrected chi connectivity index (χ3v) is 9.71. The number of carbonyl (C=O) groups excluding carboxylic acids is 3. The highest BCUT2D eigenvalue weighted by atomic mass is 32.1. The van der Waals surface area contributed by atoms with Crippen LogP contribution in [0.3, 0.4) is 0 Å². The van der Waals surface area contributed by atoms with Crippen LogP contribution in [0.15, 0.2) is 78.2 Å². The number of hydrogen-bond acceptors (Lipinski definition) is 5. The summed E-state index contributed by atoms with van der Waals surface area (Å²) < 4.78 is 0. The van der Waals surface area contributed by atoms with Crippen molar-refractivity contribution in [3.05, 3.63) is 88.6 Å². The van der Waals surface area contributed by atoms with Crippen LogP contribution in [0.2, 0.25) is 0 Å². The Morgan fingerprint density at radius 2 is 1.50 bits per heavy atom. The minimum atomic E-state index is -0.740. The normalized spacial score (nSPS) is 19.4. The van der Waals surface area contributed by atoms with E-state index in [0.717, 1.165) is 42.9 Å². The lowest BCUT2D eigenvalue weighted by molar-refractivity contribution is -0.141. The van der Waals surface area contributed by atoms with E-state index in [1.54, 1.807) is 4.90 Å². The number of thiophene rings is 1. The summed E-state index contributed by atoms with van der Waals surface area (Å²) in [4.78, 5) is 48.9. The first-order chi connectivity index (χ1) is 19.5. The van der Waals surface area contributed by atoms with E-state index in [-0.39, 0.29) is 24.3 Å². The van der Waals surface area contributed by atoms with Gasteiger partial charge in [0, 0.05) is 31.9 Å². The minimum absolute atomic E-state index is 0.00638. The maximum absolute atomic E-state index is 14.1. The molecule has 0 aliphatic carbocycles. The maximum atomic E-state index is 14.1. The molecule has 3 saturated heterocycles. The van der Waals surface area contributed by atoms with Crippen LogP contribution in [0.5, 0.6) is 0 Å². The summed E-state index contributed by atoms with van der Waals surface area (Å²) in [6.45, 7) is 3.01. The van der Waals surface area contributed by atoms with E-state index >= 15 is 0 Å². The van der Waals surface area contributed by atoms with Gasteiger partial charge in [-0.05, 0) is 67.2 Å². The number of carbonyl (C=O) groups is 3. The van der Waals surface area contributed by atoms with Crippen LogP contribution in [0.1, 0.15) is 40.9 Å². The standard InChI is InChI=1S/C32H36N4O3S/c37-29(33-17-13-26(14-18-33)22-25-8-3-1-4-9-25)23-35-24-36(27-10-5-2-6-11-27)32(31(35)39)15-19-34(20-16-32)30(38)28-12-7-21-40-28/h1-12,21,26H,13-20,22-24H2. The lowest BCUT2D eigenvalue weighted by Gasteiger charge is -2.43. The second-order valence-corrected chi connectivity index (χ2v) is 12.2. The molecule has 40 heavy (non-hydrogen) atoms. The molecule has 3 amide bonds. The molecule has 0 unspecified atom stereocenters. The SMILES string of the molecule is O=C(CN1CN(c2ccccc2)C2(CCN(C(=O)c3cccs3)CC2)C1=O)N1CCC(Cc2ccccc2)CC1. The quantitative estimate of drug-likeness (QED) is 0.448. The fourth-order valence-electron chi connectivity index (χ4n) is 6.56. The first kappa shape index (κ1) is 26.6. The number of amides is 3. The van der Waals surface area contributed by atoms with Crippen molar-refractivity contribution >= 4 is 34.7 Å². The second-order valence-electron chi connectivity index (χ2n) is 11.2. The third kappa shape index (κ3) is 5.24. The first-order valence-electron chi connectivity index (χ1n) is 14.3. The monoisotopic (exact) mass is 556 g/mol. The summed E-state index contributed by atoms with van der Waals surface area (Å²) >= 11 is 1.45. The van der Waals surface area contributed by atoms with E-state index in [1.807, 2.05) is 63.7 Å². The summed E-state index contributed by atoms with van der Waals surface area (Å²) in [6.07, 6.45) is 4.13. The predicted octanol–water partition coefficient (Wildman–Crippen LogP) is 4.51. The van der Waals surface area contributed by atoms with Crippen LogP contribution in [0.4, 0.5) is 5.69 Å². The Morgan fingerprint density at radius 1 is 0.825 bits per heavy atom. The highest BCUT2D eigenvalue weighted by molar-refractivity contribution is 7.12. The fraction of sp³-hybridized carbons (Fsp3) is 0.406. The van der Waals surface area contributed by atoms with E-state index in [4.69, 9.17) is 0 Å². The van der Waals surface area contributed by atoms with Gasteiger partial charge in [0.25, 0.3) is 11.8 Å². The number of benzene rings is 2. The average Bonchev–Trinajstić information content (AvgIpc) is 3.63. The molecule has 4 heterocycles. The molecule has 1 spiro atoms. The van der Waals surface area contributed by atoms with Gasteiger partial charge in [-0.2, -0.15) is 0 Å². The van der Waals surface area contributed by atoms with Gasteiger partial charge in [0.15, 0.2) is 0 Å². The van der Waals surface area contributed by atoms with Crippen LogP contribution in [0, 0.1) is 5.92 Å². The maximum Gasteiger partial charge on any atom is 0.263 e. The minimum Gasteiger partial charge on any atom is -0.341 e. The van der Waals surface area contributed by atoms with Crippen molar-refractivity contribution in [2.24, 2.45) is 5.92 Å². The van der Waals surface area contributed by atoms with Crippen LogP contribution < -0.4 is 4.90 Å². The van der Waals surface area contributed by atoms with Crippen molar-refractivity contribution in [3.63, 3.8) is 0 Å². The largest absolute Gasteiger partial charge is 0.341 e. The zero-order valence-electron chi connectivity index (χ0n) is 22.8. The molecule has 3 fully saturated rings. The number of likely N-dealkylation sites (tertiary alicyclic amines) is 2. The zero-order chi connectivity index (χ0) is 27.5. The summed E-state index contributed by atoms with van der Waals surface area (Å²) in [5.41, 5.74) is 1.59. The molecule has 208 valence electrons. The molecule has 6 rings (SSSR count). The molecule has 1 aromatic heterocycles. The topological polar surface area (TPSA) is 64.2 Å². The number of nitrogens with zero attached hydrogens (tertiary/aromatic N) is 4. The number of para-hydroxylation sites is 1. The van der Waals surface area contributed by atoms with Crippen LogP contribution >= 0.6 is 11.3 Å². The van der Waals surface area contributed by atoms with Gasteiger partial charge in [-0.25, -0.2) is 0 Å². The van der Waals surface area contributed by atoms with Crippen molar-refractivity contribution in [2.75, 3.05) is 44.3 Å². The molecule has 0 N–H and O–H groups in total. The Labute approximate surface area is 240 Å². The van der Waals surface area contributed by atoms with E-state index in [0.29, 0.717) is 38.5 Å². The van der Waals surface area contributed by atoms with Gasteiger partial charge in [-0.15, -0.1) is 11.3 Å². The van der Waals surface area contributed by atoms with Gasteiger partial charge in [0.05, 0.1) is 11.5 Å². The molecule has 0 saturated carbocycles. The van der Waals surface area contributed by atoms with Crippen molar-refractivity contribution in [1.29, 1.82) is 0 Å². The van der Waals surface area contributed by atoms with E-state index < -0.39 is 5.54 Å².